The van der Waals surface area contributed by atoms with Crippen LogP contribution in [0.15, 0.2) is 30.5 Å². The van der Waals surface area contributed by atoms with Gasteiger partial charge in [-0.25, -0.2) is 14.4 Å². The van der Waals surface area contributed by atoms with Crippen LogP contribution < -0.4 is 10.5 Å². The van der Waals surface area contributed by atoms with E-state index in [0.717, 1.165) is 5.56 Å². The Kier molecular flexibility index (Phi) is 5.13. The van der Waals surface area contributed by atoms with Crippen LogP contribution in [0, 0.1) is 5.82 Å². The zero-order valence-corrected chi connectivity index (χ0v) is 14.6. The second-order valence-corrected chi connectivity index (χ2v) is 5.88. The Hall–Kier alpha value is -3.00. The number of carbonyl (C=O) groups excluding carboxylic acids is 1. The van der Waals surface area contributed by atoms with Gasteiger partial charge in [-0.05, 0) is 6.07 Å². The summed E-state index contributed by atoms with van der Waals surface area (Å²) in [5.74, 6) is -0.469. The molecule has 0 fully saturated rings. The summed E-state index contributed by atoms with van der Waals surface area (Å²) in [6.45, 7) is -0.230. The van der Waals surface area contributed by atoms with E-state index in [4.69, 9.17) is 22.1 Å². The van der Waals surface area contributed by atoms with Gasteiger partial charge in [0.05, 0.1) is 5.69 Å². The van der Waals surface area contributed by atoms with Crippen molar-refractivity contribution in [3.05, 3.63) is 52.6 Å². The number of aromatic nitrogens is 4. The predicted molar refractivity (Wildman–Crippen MR) is 94.4 cm³/mol. The normalized spacial score (nSPS) is 10.7. The molecule has 0 radical (unpaired) electrons. The minimum atomic E-state index is -0.538. The molecular formula is C17H15ClFN5O2. The van der Waals surface area contributed by atoms with Crippen molar-refractivity contribution in [1.29, 1.82) is 0 Å². The van der Waals surface area contributed by atoms with E-state index < -0.39 is 5.82 Å². The van der Waals surface area contributed by atoms with Crippen LogP contribution in [0.4, 0.5) is 10.3 Å². The van der Waals surface area contributed by atoms with E-state index in [1.165, 1.54) is 6.07 Å². The highest BCUT2D eigenvalue weighted by Crippen LogP contribution is 2.29. The van der Waals surface area contributed by atoms with Crippen molar-refractivity contribution < 1.29 is 13.9 Å². The molecule has 0 amide bonds. The number of rotatable bonds is 6. The topological polar surface area (TPSA) is 95.9 Å². The fourth-order valence-corrected chi connectivity index (χ4v) is 2.81. The zero-order valence-electron chi connectivity index (χ0n) is 13.8. The average molecular weight is 376 g/mol. The van der Waals surface area contributed by atoms with Crippen molar-refractivity contribution in [2.24, 2.45) is 7.05 Å². The average Bonchev–Trinajstić information content (AvgIpc) is 2.94. The minimum absolute atomic E-state index is 0.0323. The molecule has 0 atom stereocenters. The van der Waals surface area contributed by atoms with Gasteiger partial charge in [-0.1, -0.05) is 23.7 Å². The molecule has 2 aromatic heterocycles. The number of anilines is 1. The van der Waals surface area contributed by atoms with E-state index in [-0.39, 0.29) is 23.5 Å². The highest BCUT2D eigenvalue weighted by Gasteiger charge is 2.17. The minimum Gasteiger partial charge on any atom is -0.483 e. The number of halogens is 2. The smallest absolute Gasteiger partial charge is 0.222 e. The number of aldehydes is 1. The van der Waals surface area contributed by atoms with E-state index in [9.17, 15) is 9.18 Å². The fourth-order valence-electron chi connectivity index (χ4n) is 2.62. The van der Waals surface area contributed by atoms with Gasteiger partial charge in [0.15, 0.2) is 17.9 Å². The maximum atomic E-state index is 14.1. The summed E-state index contributed by atoms with van der Waals surface area (Å²) in [4.78, 5) is 18.6. The quantitative estimate of drug-likeness (QED) is 0.525. The lowest BCUT2D eigenvalue weighted by Crippen LogP contribution is -2.04. The van der Waals surface area contributed by atoms with Gasteiger partial charge in [0, 0.05) is 36.9 Å². The molecule has 2 N–H and O–H groups in total. The summed E-state index contributed by atoms with van der Waals surface area (Å²) in [7, 11) is 1.76. The molecule has 3 aromatic rings. The molecule has 0 aliphatic carbocycles. The van der Waals surface area contributed by atoms with Crippen LogP contribution in [0.5, 0.6) is 5.75 Å². The van der Waals surface area contributed by atoms with Crippen molar-refractivity contribution >= 4 is 23.8 Å². The molecule has 0 spiro atoms. The molecule has 0 aliphatic heterocycles. The Balaban J connectivity index is 2.02. The SMILES string of the molecule is Cn1cc(Cc2cccc(F)c2OCC=O)c(-c2cc(Cl)nc(N)n2)n1. The van der Waals surface area contributed by atoms with E-state index in [1.54, 1.807) is 36.1 Å². The fraction of sp³-hybridized carbons (Fsp3) is 0.176. The maximum Gasteiger partial charge on any atom is 0.222 e. The number of nitrogens with two attached hydrogens (primary N) is 1. The first-order valence-corrected chi connectivity index (χ1v) is 8.02. The Morgan fingerprint density at radius 2 is 2.15 bits per heavy atom. The van der Waals surface area contributed by atoms with Crippen LogP contribution in [-0.4, -0.2) is 32.6 Å². The van der Waals surface area contributed by atoms with Gasteiger partial charge >= 0.3 is 0 Å². The van der Waals surface area contributed by atoms with Gasteiger partial charge in [-0.2, -0.15) is 5.10 Å². The molecule has 7 nitrogen and oxygen atoms in total. The van der Waals surface area contributed by atoms with E-state index >= 15 is 0 Å². The van der Waals surface area contributed by atoms with Crippen molar-refractivity contribution in [3.8, 4) is 17.1 Å². The number of hydrogen-bond donors (Lipinski definition) is 1. The van der Waals surface area contributed by atoms with Gasteiger partial charge in [0.1, 0.15) is 17.5 Å². The second-order valence-electron chi connectivity index (χ2n) is 5.49. The Labute approximate surface area is 153 Å². The van der Waals surface area contributed by atoms with Gasteiger partial charge in [0.2, 0.25) is 5.95 Å². The lowest BCUT2D eigenvalue weighted by molar-refractivity contribution is -0.109. The van der Waals surface area contributed by atoms with Gasteiger partial charge < -0.3 is 10.5 Å². The third-order valence-electron chi connectivity index (χ3n) is 3.58. The molecule has 0 aliphatic rings. The van der Waals surface area contributed by atoms with Crippen molar-refractivity contribution in [3.63, 3.8) is 0 Å². The third-order valence-corrected chi connectivity index (χ3v) is 3.78. The van der Waals surface area contributed by atoms with Gasteiger partial charge in [0.25, 0.3) is 0 Å². The first-order valence-electron chi connectivity index (χ1n) is 7.64. The number of nitrogen functional groups attached to an aromatic ring is 1. The van der Waals surface area contributed by atoms with Crippen LogP contribution in [0.2, 0.25) is 5.15 Å². The van der Waals surface area contributed by atoms with Crippen LogP contribution >= 0.6 is 11.6 Å². The van der Waals surface area contributed by atoms with E-state index in [0.29, 0.717) is 29.7 Å². The van der Waals surface area contributed by atoms with Crippen LogP contribution in [0.25, 0.3) is 11.4 Å². The maximum absolute atomic E-state index is 14.1. The predicted octanol–water partition coefficient (Wildman–Crippen LogP) is 2.42. The summed E-state index contributed by atoms with van der Waals surface area (Å²) in [6, 6.07) is 6.13. The highest BCUT2D eigenvalue weighted by atomic mass is 35.5. The Morgan fingerprint density at radius 1 is 1.35 bits per heavy atom. The first-order chi connectivity index (χ1) is 12.5. The number of benzene rings is 1. The molecule has 0 unspecified atom stereocenters. The zero-order chi connectivity index (χ0) is 18.7. The summed E-state index contributed by atoms with van der Waals surface area (Å²) in [5.41, 5.74) is 8.02. The van der Waals surface area contributed by atoms with Crippen LogP contribution in [0.3, 0.4) is 0 Å². The van der Waals surface area contributed by atoms with E-state index in [2.05, 4.69) is 15.1 Å². The number of ether oxygens (including phenoxy) is 1. The molecule has 3 rings (SSSR count). The molecule has 134 valence electrons. The number of nitrogens with zero attached hydrogens (tertiary/aromatic N) is 4. The summed E-state index contributed by atoms with van der Waals surface area (Å²) < 4.78 is 21.0. The molecule has 26 heavy (non-hydrogen) atoms. The van der Waals surface area contributed by atoms with Gasteiger partial charge in [-0.15, -0.1) is 0 Å². The molecule has 2 heterocycles. The van der Waals surface area contributed by atoms with Crippen LogP contribution in [-0.2, 0) is 18.3 Å². The number of hydrogen-bond acceptors (Lipinski definition) is 6. The largest absolute Gasteiger partial charge is 0.483 e. The number of carbonyl (C=O) groups is 1. The summed E-state index contributed by atoms with van der Waals surface area (Å²) in [5, 5.41) is 4.59. The number of para-hydroxylation sites is 1. The van der Waals surface area contributed by atoms with Crippen molar-refractivity contribution in [1.82, 2.24) is 19.7 Å². The summed E-state index contributed by atoms with van der Waals surface area (Å²) >= 11 is 5.95. The van der Waals surface area contributed by atoms with Crippen molar-refractivity contribution in [2.45, 2.75) is 6.42 Å². The number of aryl methyl sites for hydroxylation is 1. The van der Waals surface area contributed by atoms with Crippen LogP contribution in [0.1, 0.15) is 11.1 Å². The summed E-state index contributed by atoms with van der Waals surface area (Å²) in [6.07, 6.45) is 2.67. The Bertz CT molecular complexity index is 940. The highest BCUT2D eigenvalue weighted by molar-refractivity contribution is 6.29. The van der Waals surface area contributed by atoms with Crippen molar-refractivity contribution in [2.75, 3.05) is 12.3 Å². The third kappa shape index (κ3) is 3.80. The Morgan fingerprint density at radius 3 is 2.88 bits per heavy atom. The standard InChI is InChI=1S/C17H15ClFN5O2/c1-24-9-11(15(23-24)13-8-14(18)22-17(20)21-13)7-10-3-2-4-12(19)16(10)26-6-5-25/h2-5,8-9H,6-7H2,1H3,(H2,20,21,22). The van der Waals surface area contributed by atoms with E-state index in [1.807, 2.05) is 0 Å². The molecule has 9 heteroatoms. The monoisotopic (exact) mass is 375 g/mol. The molecule has 0 saturated heterocycles. The lowest BCUT2D eigenvalue weighted by Gasteiger charge is -2.10. The second kappa shape index (κ2) is 7.49. The molecular weight excluding hydrogens is 361 g/mol. The lowest BCUT2D eigenvalue weighted by atomic mass is 10.0. The molecule has 0 saturated carbocycles. The first kappa shape index (κ1) is 17.8. The molecule has 0 bridgehead atoms. The molecule has 1 aromatic carbocycles. The van der Waals surface area contributed by atoms with Gasteiger partial charge in [-0.3, -0.25) is 9.48 Å².